The van der Waals surface area contributed by atoms with Crippen molar-refractivity contribution in [2.75, 3.05) is 25.5 Å². The first-order valence-corrected chi connectivity index (χ1v) is 10.4. The van der Waals surface area contributed by atoms with Gasteiger partial charge < -0.3 is 15.1 Å². The van der Waals surface area contributed by atoms with Gasteiger partial charge in [0.25, 0.3) is 0 Å². The number of anilines is 1. The van der Waals surface area contributed by atoms with Crippen molar-refractivity contribution in [1.82, 2.24) is 9.80 Å². The highest BCUT2D eigenvalue weighted by molar-refractivity contribution is 7.80. The lowest BCUT2D eigenvalue weighted by molar-refractivity contribution is 0.111. The lowest BCUT2D eigenvalue weighted by atomic mass is 9.99. The van der Waals surface area contributed by atoms with Crippen LogP contribution >= 0.6 is 12.2 Å². The number of piperidine rings is 1. The van der Waals surface area contributed by atoms with E-state index in [1.165, 1.54) is 56.9 Å². The zero-order valence-corrected chi connectivity index (χ0v) is 16.7. The third-order valence-electron chi connectivity index (χ3n) is 6.00. The Balaban J connectivity index is 1.48. The summed E-state index contributed by atoms with van der Waals surface area (Å²) in [7, 11) is 2.36. The van der Waals surface area contributed by atoms with Crippen LogP contribution in [0.25, 0.3) is 0 Å². The SMILES string of the molecule is Cc1cccc(NC(=S)N2CCC(N(C)C3CCCCCC3)CC2)c1. The van der Waals surface area contributed by atoms with Crippen LogP contribution in [0, 0.1) is 6.92 Å². The van der Waals surface area contributed by atoms with E-state index in [0.29, 0.717) is 0 Å². The van der Waals surface area contributed by atoms with Crippen LogP contribution in [0.15, 0.2) is 24.3 Å². The first-order valence-electron chi connectivity index (χ1n) is 9.98. The van der Waals surface area contributed by atoms with Gasteiger partial charge in [-0.3, -0.25) is 0 Å². The molecule has 0 radical (unpaired) electrons. The first kappa shape index (κ1) is 18.7. The molecule has 0 amide bonds. The van der Waals surface area contributed by atoms with Gasteiger partial charge in [0.1, 0.15) is 0 Å². The van der Waals surface area contributed by atoms with Gasteiger partial charge in [-0.05, 0) is 69.6 Å². The maximum Gasteiger partial charge on any atom is 0.173 e. The van der Waals surface area contributed by atoms with Gasteiger partial charge >= 0.3 is 0 Å². The van der Waals surface area contributed by atoms with Crippen molar-refractivity contribution < 1.29 is 0 Å². The lowest BCUT2D eigenvalue weighted by Crippen LogP contribution is -2.49. The van der Waals surface area contributed by atoms with E-state index in [1.807, 2.05) is 0 Å². The molecule has 1 aromatic carbocycles. The van der Waals surface area contributed by atoms with Crippen LogP contribution in [0.4, 0.5) is 5.69 Å². The van der Waals surface area contributed by atoms with Gasteiger partial charge in [0.2, 0.25) is 0 Å². The molecule has 1 saturated carbocycles. The second-order valence-corrected chi connectivity index (χ2v) is 8.22. The number of nitrogens with zero attached hydrogens (tertiary/aromatic N) is 2. The van der Waals surface area contributed by atoms with Crippen molar-refractivity contribution in [3.63, 3.8) is 0 Å². The van der Waals surface area contributed by atoms with Crippen molar-refractivity contribution in [1.29, 1.82) is 0 Å². The molecule has 138 valence electrons. The summed E-state index contributed by atoms with van der Waals surface area (Å²) >= 11 is 5.65. The Morgan fingerprint density at radius 1 is 1.04 bits per heavy atom. The topological polar surface area (TPSA) is 18.5 Å². The largest absolute Gasteiger partial charge is 0.349 e. The Bertz CT molecular complexity index is 558. The zero-order chi connectivity index (χ0) is 17.6. The molecule has 2 fully saturated rings. The average Bonchev–Trinajstić information content (AvgIpc) is 2.90. The number of benzene rings is 1. The average molecular weight is 360 g/mol. The number of hydrogen-bond acceptors (Lipinski definition) is 2. The van der Waals surface area contributed by atoms with Crippen molar-refractivity contribution >= 4 is 23.0 Å². The summed E-state index contributed by atoms with van der Waals surface area (Å²) in [5.74, 6) is 0. The minimum atomic E-state index is 0.723. The third kappa shape index (κ3) is 5.18. The molecule has 0 spiro atoms. The minimum absolute atomic E-state index is 0.723. The number of rotatable bonds is 3. The van der Waals surface area contributed by atoms with Crippen molar-refractivity contribution in [3.05, 3.63) is 29.8 Å². The van der Waals surface area contributed by atoms with E-state index < -0.39 is 0 Å². The highest BCUT2D eigenvalue weighted by atomic mass is 32.1. The summed E-state index contributed by atoms with van der Waals surface area (Å²) in [6.07, 6.45) is 10.9. The molecule has 3 nitrogen and oxygen atoms in total. The van der Waals surface area contributed by atoms with Crippen molar-refractivity contribution in [2.24, 2.45) is 0 Å². The normalized spacial score (nSPS) is 20.5. The predicted octanol–water partition coefficient (Wildman–Crippen LogP) is 4.81. The summed E-state index contributed by atoms with van der Waals surface area (Å²) in [6.45, 7) is 4.25. The molecule has 2 aliphatic rings. The lowest BCUT2D eigenvalue weighted by Gasteiger charge is -2.41. The summed E-state index contributed by atoms with van der Waals surface area (Å²) in [5, 5.41) is 4.29. The number of likely N-dealkylation sites (tertiary alicyclic amines) is 1. The van der Waals surface area contributed by atoms with Gasteiger partial charge in [-0.2, -0.15) is 0 Å². The monoisotopic (exact) mass is 359 g/mol. The Morgan fingerprint density at radius 3 is 2.32 bits per heavy atom. The van der Waals surface area contributed by atoms with Crippen LogP contribution in [0.1, 0.15) is 56.9 Å². The maximum atomic E-state index is 5.65. The Morgan fingerprint density at radius 2 is 1.68 bits per heavy atom. The van der Waals surface area contributed by atoms with Gasteiger partial charge in [0.05, 0.1) is 0 Å². The molecule has 4 heteroatoms. The van der Waals surface area contributed by atoms with Crippen molar-refractivity contribution in [2.45, 2.75) is 70.4 Å². The van der Waals surface area contributed by atoms with Crippen LogP contribution in [0.5, 0.6) is 0 Å². The Hall–Kier alpha value is -1.13. The second kappa shape index (κ2) is 9.00. The van der Waals surface area contributed by atoms with E-state index in [0.717, 1.165) is 36.0 Å². The van der Waals surface area contributed by atoms with E-state index in [4.69, 9.17) is 12.2 Å². The molecule has 0 atom stereocenters. The summed E-state index contributed by atoms with van der Waals surface area (Å²) in [5.41, 5.74) is 2.36. The molecule has 1 heterocycles. The van der Waals surface area contributed by atoms with E-state index in [2.05, 4.69) is 53.4 Å². The molecule has 3 rings (SSSR count). The molecule has 1 saturated heterocycles. The van der Waals surface area contributed by atoms with Crippen LogP contribution in [0.2, 0.25) is 0 Å². The molecule has 25 heavy (non-hydrogen) atoms. The number of aryl methyl sites for hydroxylation is 1. The van der Waals surface area contributed by atoms with Gasteiger partial charge in [-0.25, -0.2) is 0 Å². The van der Waals surface area contributed by atoms with Gasteiger partial charge in [-0.1, -0.05) is 37.8 Å². The van der Waals surface area contributed by atoms with Gasteiger partial charge in [0, 0.05) is 30.9 Å². The van der Waals surface area contributed by atoms with E-state index in [-0.39, 0.29) is 0 Å². The summed E-state index contributed by atoms with van der Waals surface area (Å²) in [4.78, 5) is 5.04. The van der Waals surface area contributed by atoms with Crippen LogP contribution < -0.4 is 5.32 Å². The highest BCUT2D eigenvalue weighted by Gasteiger charge is 2.28. The van der Waals surface area contributed by atoms with E-state index in [1.54, 1.807) is 0 Å². The number of hydrogen-bond donors (Lipinski definition) is 1. The first-order chi connectivity index (χ1) is 12.1. The Labute approximate surface area is 158 Å². The summed E-state index contributed by atoms with van der Waals surface area (Å²) < 4.78 is 0. The molecular formula is C21H33N3S. The fourth-order valence-corrected chi connectivity index (χ4v) is 4.67. The van der Waals surface area contributed by atoms with E-state index >= 15 is 0 Å². The maximum absolute atomic E-state index is 5.65. The van der Waals surface area contributed by atoms with Crippen LogP contribution in [0.3, 0.4) is 0 Å². The fourth-order valence-electron chi connectivity index (χ4n) is 4.36. The molecule has 0 aromatic heterocycles. The quantitative estimate of drug-likeness (QED) is 0.616. The fraction of sp³-hybridized carbons (Fsp3) is 0.667. The zero-order valence-electron chi connectivity index (χ0n) is 15.8. The standard InChI is InChI=1S/C21H33N3S/c1-17-8-7-9-18(16-17)22-21(25)24-14-12-20(13-15-24)23(2)19-10-5-3-4-6-11-19/h7-9,16,19-20H,3-6,10-15H2,1-2H3,(H,22,25). The number of thiocarbonyl (C=S) groups is 1. The summed E-state index contributed by atoms with van der Waals surface area (Å²) in [6, 6.07) is 9.96. The van der Waals surface area contributed by atoms with Crippen LogP contribution in [-0.4, -0.2) is 47.1 Å². The molecule has 1 aromatic rings. The van der Waals surface area contributed by atoms with Crippen molar-refractivity contribution in [3.8, 4) is 0 Å². The second-order valence-electron chi connectivity index (χ2n) is 7.83. The van der Waals surface area contributed by atoms with Gasteiger partial charge in [0.15, 0.2) is 5.11 Å². The van der Waals surface area contributed by atoms with E-state index in [9.17, 15) is 0 Å². The molecule has 1 aliphatic carbocycles. The van der Waals surface area contributed by atoms with Crippen LogP contribution in [-0.2, 0) is 0 Å². The molecule has 1 N–H and O–H groups in total. The smallest absolute Gasteiger partial charge is 0.173 e. The van der Waals surface area contributed by atoms with Gasteiger partial charge in [-0.15, -0.1) is 0 Å². The highest BCUT2D eigenvalue weighted by Crippen LogP contribution is 2.26. The third-order valence-corrected chi connectivity index (χ3v) is 6.36. The molecular weight excluding hydrogens is 326 g/mol. The molecule has 1 aliphatic heterocycles. The molecule has 0 bridgehead atoms. The predicted molar refractivity (Wildman–Crippen MR) is 111 cm³/mol. The minimum Gasteiger partial charge on any atom is -0.349 e. The Kier molecular flexibility index (Phi) is 6.71. The number of nitrogens with one attached hydrogen (secondary N) is 1. The molecule has 0 unspecified atom stereocenters.